The van der Waals surface area contributed by atoms with Crippen molar-refractivity contribution in [1.29, 1.82) is 0 Å². The van der Waals surface area contributed by atoms with Gasteiger partial charge in [-0.05, 0) is 51.1 Å². The molecule has 1 unspecified atom stereocenters. The number of aliphatic carboxylic acids is 1. The van der Waals surface area contributed by atoms with Crippen LogP contribution in [0.4, 0.5) is 0 Å². The number of amides is 2. The second-order valence-corrected chi connectivity index (χ2v) is 12.0. The van der Waals surface area contributed by atoms with Crippen LogP contribution in [-0.2, 0) is 20.8 Å². The average Bonchev–Trinajstić information content (AvgIpc) is 3.02. The summed E-state index contributed by atoms with van der Waals surface area (Å²) in [6.45, 7) is 10.5. The van der Waals surface area contributed by atoms with Crippen LogP contribution in [0.15, 0.2) is 66.2 Å². The van der Waals surface area contributed by atoms with Crippen molar-refractivity contribution >= 4 is 23.6 Å². The van der Waals surface area contributed by atoms with Crippen LogP contribution < -0.4 is 5.32 Å². The molecule has 2 amide bonds. The van der Waals surface area contributed by atoms with E-state index in [1.54, 1.807) is 42.3 Å². The third-order valence-electron chi connectivity index (χ3n) is 8.55. The van der Waals surface area contributed by atoms with E-state index < -0.39 is 18.1 Å². The van der Waals surface area contributed by atoms with Crippen LogP contribution in [0.1, 0.15) is 81.8 Å². The van der Waals surface area contributed by atoms with Gasteiger partial charge in [0.05, 0.1) is 12.1 Å². The van der Waals surface area contributed by atoms with Crippen LogP contribution in [-0.4, -0.2) is 76.2 Å². The Bertz CT molecular complexity index is 1290. The maximum Gasteiger partial charge on any atom is 0.331 e. The summed E-state index contributed by atoms with van der Waals surface area (Å²) in [5.74, 6) is -1.64. The smallest absolute Gasteiger partial charge is 0.331 e. The van der Waals surface area contributed by atoms with Crippen molar-refractivity contribution in [1.82, 2.24) is 15.1 Å². The predicted molar refractivity (Wildman–Crippen MR) is 169 cm³/mol. The lowest BCUT2D eigenvalue weighted by atomic mass is 9.95. The number of benzene rings is 2. The molecule has 1 saturated heterocycles. The summed E-state index contributed by atoms with van der Waals surface area (Å²) in [6.07, 6.45) is 5.48. The molecular weight excluding hydrogens is 542 g/mol. The van der Waals surface area contributed by atoms with Gasteiger partial charge in [0.1, 0.15) is 6.04 Å². The van der Waals surface area contributed by atoms with Gasteiger partial charge < -0.3 is 15.3 Å². The molecule has 0 bridgehead atoms. The number of carboxylic acids is 1. The zero-order valence-corrected chi connectivity index (χ0v) is 26.4. The first-order valence-corrected chi connectivity index (χ1v) is 15.4. The number of piperidine rings is 1. The van der Waals surface area contributed by atoms with Gasteiger partial charge in [-0.2, -0.15) is 0 Å². The van der Waals surface area contributed by atoms with Crippen LogP contribution in [0.2, 0.25) is 0 Å². The molecule has 2 N–H and O–H groups in total. The fraction of sp³-hybridized carbons (Fsp3) is 0.486. The van der Waals surface area contributed by atoms with Gasteiger partial charge in [-0.25, -0.2) is 4.79 Å². The van der Waals surface area contributed by atoms with Crippen molar-refractivity contribution in [3.05, 3.63) is 82.9 Å². The summed E-state index contributed by atoms with van der Waals surface area (Å²) in [5.41, 5.74) is 2.10. The summed E-state index contributed by atoms with van der Waals surface area (Å²) in [7, 11) is 1.66. The Kier molecular flexibility index (Phi) is 12.2. The summed E-state index contributed by atoms with van der Waals surface area (Å²) in [5, 5.41) is 12.5. The first kappa shape index (κ1) is 33.7. The zero-order valence-electron chi connectivity index (χ0n) is 26.4. The Hall–Kier alpha value is -3.78. The van der Waals surface area contributed by atoms with Crippen LogP contribution >= 0.6 is 0 Å². The highest BCUT2D eigenvalue weighted by Crippen LogP contribution is 2.22. The zero-order chi connectivity index (χ0) is 31.7. The molecule has 0 radical (unpaired) electrons. The van der Waals surface area contributed by atoms with Gasteiger partial charge in [0.25, 0.3) is 0 Å². The number of rotatable bonds is 13. The lowest BCUT2D eigenvalue weighted by Gasteiger charge is -2.39. The Morgan fingerprint density at radius 3 is 2.21 bits per heavy atom. The third kappa shape index (κ3) is 8.86. The molecule has 4 atom stereocenters. The molecule has 1 fully saturated rings. The van der Waals surface area contributed by atoms with E-state index in [2.05, 4.69) is 24.1 Å². The number of nitrogens with one attached hydrogen (secondary N) is 1. The van der Waals surface area contributed by atoms with E-state index in [0.717, 1.165) is 37.8 Å². The molecular formula is C35H47N3O5. The molecule has 2 aromatic rings. The molecule has 0 aliphatic carbocycles. The second-order valence-electron chi connectivity index (χ2n) is 12.0. The van der Waals surface area contributed by atoms with Crippen molar-refractivity contribution in [3.8, 4) is 0 Å². The van der Waals surface area contributed by atoms with Crippen LogP contribution in [0.5, 0.6) is 0 Å². The number of likely N-dealkylation sites (N-methyl/N-ethyl adjacent to an activating group) is 1. The standard InChI is InChI=1S/C35H47N3O5/c1-7-25(5)38-20-12-11-15-30(38)33(40)36-29(34(41)37(6)31(23(2)3)21-24(4)35(42)43)22-26-16-18-28(19-17-26)32(39)27-13-9-8-10-14-27/h8-10,13-14,16-19,21,23,25,29-31H,7,11-12,15,20,22H2,1-6H3,(H,36,40)(H,42,43)/b24-21+/t25?,29-,30+,31+/m0/s1. The Labute approximate surface area is 256 Å². The first-order chi connectivity index (χ1) is 20.4. The van der Waals surface area contributed by atoms with E-state index in [0.29, 0.717) is 11.1 Å². The van der Waals surface area contributed by atoms with E-state index in [1.165, 1.54) is 6.92 Å². The quantitative estimate of drug-likeness (QED) is 0.248. The maximum atomic E-state index is 14.1. The van der Waals surface area contributed by atoms with Gasteiger partial charge in [0.15, 0.2) is 5.78 Å². The molecule has 0 saturated carbocycles. The Morgan fingerprint density at radius 2 is 1.63 bits per heavy atom. The lowest BCUT2D eigenvalue weighted by Crippen LogP contribution is -2.58. The summed E-state index contributed by atoms with van der Waals surface area (Å²) < 4.78 is 0. The average molecular weight is 590 g/mol. The Balaban J connectivity index is 1.90. The van der Waals surface area contributed by atoms with Crippen molar-refractivity contribution in [3.63, 3.8) is 0 Å². The van der Waals surface area contributed by atoms with Gasteiger partial charge in [-0.3, -0.25) is 19.3 Å². The minimum atomic E-state index is -1.04. The second kappa shape index (κ2) is 15.6. The number of hydrogen-bond acceptors (Lipinski definition) is 5. The molecule has 2 aromatic carbocycles. The van der Waals surface area contributed by atoms with Crippen molar-refractivity contribution in [2.45, 2.75) is 90.9 Å². The number of hydrogen-bond donors (Lipinski definition) is 2. The highest BCUT2D eigenvalue weighted by molar-refractivity contribution is 6.09. The van der Waals surface area contributed by atoms with Gasteiger partial charge >= 0.3 is 5.97 Å². The highest BCUT2D eigenvalue weighted by atomic mass is 16.4. The topological polar surface area (TPSA) is 107 Å². The summed E-state index contributed by atoms with van der Waals surface area (Å²) in [4.78, 5) is 56.1. The fourth-order valence-corrected chi connectivity index (χ4v) is 5.72. The molecule has 232 valence electrons. The largest absolute Gasteiger partial charge is 0.478 e. The number of carbonyl (C=O) groups is 4. The molecule has 43 heavy (non-hydrogen) atoms. The maximum absolute atomic E-state index is 14.1. The van der Waals surface area contributed by atoms with Gasteiger partial charge in [-0.1, -0.05) is 87.9 Å². The van der Waals surface area contributed by atoms with E-state index in [4.69, 9.17) is 0 Å². The van der Waals surface area contributed by atoms with Crippen molar-refractivity contribution in [2.24, 2.45) is 5.92 Å². The normalized spacial score (nSPS) is 18.0. The van der Waals surface area contributed by atoms with Crippen LogP contribution in [0.25, 0.3) is 0 Å². The number of likely N-dealkylation sites (tertiary alicyclic amines) is 1. The van der Waals surface area contributed by atoms with Crippen molar-refractivity contribution < 1.29 is 24.3 Å². The minimum Gasteiger partial charge on any atom is -0.478 e. The van der Waals surface area contributed by atoms with E-state index in [-0.39, 0.29) is 47.6 Å². The van der Waals surface area contributed by atoms with Crippen LogP contribution in [0, 0.1) is 5.92 Å². The van der Waals surface area contributed by atoms with Gasteiger partial charge in [0.2, 0.25) is 11.8 Å². The minimum absolute atomic E-state index is 0.0536. The predicted octanol–water partition coefficient (Wildman–Crippen LogP) is 5.11. The molecule has 8 heteroatoms. The van der Waals surface area contributed by atoms with E-state index in [1.807, 2.05) is 44.2 Å². The van der Waals surface area contributed by atoms with Crippen molar-refractivity contribution in [2.75, 3.05) is 13.6 Å². The van der Waals surface area contributed by atoms with Gasteiger partial charge in [-0.15, -0.1) is 0 Å². The molecule has 1 aliphatic rings. The molecule has 1 aliphatic heterocycles. The highest BCUT2D eigenvalue weighted by Gasteiger charge is 2.35. The van der Waals surface area contributed by atoms with Crippen LogP contribution in [0.3, 0.4) is 0 Å². The molecule has 0 spiro atoms. The molecule has 1 heterocycles. The number of carboxylic acid groups (broad SMARTS) is 1. The van der Waals surface area contributed by atoms with Gasteiger partial charge in [0, 0.05) is 36.2 Å². The SMILES string of the molecule is CCC(C)N1CCCC[C@@H]1C(=O)N[C@@H](Cc1ccc(C(=O)c2ccccc2)cc1)C(=O)N(C)[C@H](/C=C(\C)C(=O)O)C(C)C. The van der Waals surface area contributed by atoms with E-state index >= 15 is 0 Å². The number of carbonyl (C=O) groups excluding carboxylic acids is 3. The van der Waals surface area contributed by atoms with E-state index in [9.17, 15) is 24.3 Å². The molecule has 0 aromatic heterocycles. The third-order valence-corrected chi connectivity index (χ3v) is 8.55. The lowest BCUT2D eigenvalue weighted by molar-refractivity contribution is -0.139. The molecule has 8 nitrogen and oxygen atoms in total. The first-order valence-electron chi connectivity index (χ1n) is 15.4. The number of ketones is 1. The molecule has 3 rings (SSSR count). The summed E-state index contributed by atoms with van der Waals surface area (Å²) >= 11 is 0. The monoisotopic (exact) mass is 589 g/mol. The summed E-state index contributed by atoms with van der Waals surface area (Å²) in [6, 6.07) is 14.8. The Morgan fingerprint density at radius 1 is 1.00 bits per heavy atom. The fourth-order valence-electron chi connectivity index (χ4n) is 5.72. The number of nitrogens with zero attached hydrogens (tertiary/aromatic N) is 2.